The minimum absolute atomic E-state index is 0.334. The number of pyridine rings is 4. The quantitative estimate of drug-likeness (QED) is 0.268. The lowest BCUT2D eigenvalue weighted by molar-refractivity contribution is 0.582. The average Bonchev–Trinajstić information content (AvgIpc) is 3.74. The third-order valence-electron chi connectivity index (χ3n) is 6.36. The Kier molecular flexibility index (Phi) is 5.98. The highest BCUT2D eigenvalue weighted by atomic mass is 16.4. The molecular formula is C31H20N8O. The molecule has 0 saturated heterocycles. The highest BCUT2D eigenvalue weighted by Gasteiger charge is 2.19. The summed E-state index contributed by atoms with van der Waals surface area (Å²) in [6.07, 6.45) is 4.05. The number of benzene rings is 1. The van der Waals surface area contributed by atoms with Gasteiger partial charge in [-0.3, -0.25) is 9.97 Å². The lowest BCUT2D eigenvalue weighted by Gasteiger charge is -2.05. The van der Waals surface area contributed by atoms with E-state index in [1.807, 2.05) is 97.1 Å². The highest BCUT2D eigenvalue weighted by molar-refractivity contribution is 6.20. The van der Waals surface area contributed by atoms with Crippen LogP contribution in [0.15, 0.2) is 124 Å². The van der Waals surface area contributed by atoms with Gasteiger partial charge in [-0.1, -0.05) is 36.4 Å². The van der Waals surface area contributed by atoms with Crippen LogP contribution in [0.3, 0.4) is 0 Å². The fraction of sp³-hybridized carbons (Fsp3) is 0.0323. The summed E-state index contributed by atoms with van der Waals surface area (Å²) in [6, 6.07) is 30.8. The molecule has 1 aromatic carbocycles. The van der Waals surface area contributed by atoms with Crippen LogP contribution in [-0.4, -0.2) is 41.6 Å². The smallest absolute Gasteiger partial charge is 0.266 e. The molecular weight excluding hydrogens is 500 g/mol. The fourth-order valence-electron chi connectivity index (χ4n) is 4.39. The van der Waals surface area contributed by atoms with Crippen molar-refractivity contribution in [2.24, 2.45) is 10.2 Å². The predicted octanol–water partition coefficient (Wildman–Crippen LogP) is 5.91. The van der Waals surface area contributed by atoms with Gasteiger partial charge < -0.3 is 4.42 Å². The molecule has 6 aromatic rings. The van der Waals surface area contributed by atoms with Crippen molar-refractivity contribution < 1.29 is 4.42 Å². The molecule has 0 unspecified atom stereocenters. The van der Waals surface area contributed by atoms with E-state index in [4.69, 9.17) is 9.40 Å². The summed E-state index contributed by atoms with van der Waals surface area (Å²) in [4.78, 5) is 18.2. The Labute approximate surface area is 229 Å². The van der Waals surface area contributed by atoms with Crippen molar-refractivity contribution in [1.82, 2.24) is 30.1 Å². The van der Waals surface area contributed by atoms with Crippen LogP contribution in [0.25, 0.3) is 45.8 Å². The van der Waals surface area contributed by atoms with Crippen molar-refractivity contribution >= 4 is 11.4 Å². The van der Waals surface area contributed by atoms with Gasteiger partial charge in [0.15, 0.2) is 0 Å². The first kappa shape index (κ1) is 23.4. The number of aromatic nitrogens is 6. The fourth-order valence-corrected chi connectivity index (χ4v) is 4.39. The minimum atomic E-state index is 0.334. The van der Waals surface area contributed by atoms with Crippen molar-refractivity contribution in [3.05, 3.63) is 121 Å². The molecule has 9 nitrogen and oxygen atoms in total. The third-order valence-corrected chi connectivity index (χ3v) is 6.36. The van der Waals surface area contributed by atoms with Crippen LogP contribution in [0.4, 0.5) is 0 Å². The van der Waals surface area contributed by atoms with E-state index in [2.05, 4.69) is 35.4 Å². The van der Waals surface area contributed by atoms with E-state index < -0.39 is 0 Å². The zero-order chi connectivity index (χ0) is 26.7. The number of hydrogen-bond acceptors (Lipinski definition) is 9. The van der Waals surface area contributed by atoms with Gasteiger partial charge in [0.25, 0.3) is 5.89 Å². The van der Waals surface area contributed by atoms with E-state index in [9.17, 15) is 0 Å². The molecule has 0 aliphatic carbocycles. The van der Waals surface area contributed by atoms with Crippen LogP contribution in [0, 0.1) is 0 Å². The van der Waals surface area contributed by atoms with Gasteiger partial charge in [0.05, 0.1) is 39.9 Å². The van der Waals surface area contributed by atoms with Crippen molar-refractivity contribution in [2.75, 3.05) is 0 Å². The van der Waals surface area contributed by atoms with Gasteiger partial charge in [0.1, 0.15) is 5.69 Å². The SMILES string of the molecule is c1ccc(-c2cccc(C3=NN=C(c4cccc(-c5nnc(-c6cccc(-c7ccccn7)n6)o5)c4)C3)n2)nc1. The molecule has 6 heterocycles. The molecule has 0 spiro atoms. The Balaban J connectivity index is 1.10. The van der Waals surface area contributed by atoms with Gasteiger partial charge in [0, 0.05) is 24.4 Å². The topological polar surface area (TPSA) is 115 Å². The predicted molar refractivity (Wildman–Crippen MR) is 151 cm³/mol. The molecule has 1 aliphatic heterocycles. The molecule has 1 aliphatic rings. The maximum Gasteiger partial charge on any atom is 0.266 e. The second-order valence-electron chi connectivity index (χ2n) is 9.01. The Hall–Kier alpha value is -5.70. The maximum absolute atomic E-state index is 6.02. The molecule has 0 saturated carbocycles. The zero-order valence-electron chi connectivity index (χ0n) is 21.1. The Morgan fingerprint density at radius 2 is 1.05 bits per heavy atom. The minimum Gasteiger partial charge on any atom is -0.415 e. The average molecular weight is 521 g/mol. The van der Waals surface area contributed by atoms with Crippen molar-refractivity contribution in [3.63, 3.8) is 0 Å². The van der Waals surface area contributed by atoms with Crippen LogP contribution in [0.5, 0.6) is 0 Å². The molecule has 0 amide bonds. The lowest BCUT2D eigenvalue weighted by atomic mass is 10.0. The van der Waals surface area contributed by atoms with Gasteiger partial charge in [0.2, 0.25) is 5.89 Å². The van der Waals surface area contributed by atoms with Crippen molar-refractivity contribution in [2.45, 2.75) is 6.42 Å². The summed E-state index contributed by atoms with van der Waals surface area (Å²) in [5, 5.41) is 17.4. The van der Waals surface area contributed by atoms with Gasteiger partial charge in [-0.2, -0.15) is 10.2 Å². The molecule has 0 N–H and O–H groups in total. The summed E-state index contributed by atoms with van der Waals surface area (Å²) in [7, 11) is 0. The first-order valence-corrected chi connectivity index (χ1v) is 12.7. The summed E-state index contributed by atoms with van der Waals surface area (Å²) < 4.78 is 6.02. The Morgan fingerprint density at radius 1 is 0.475 bits per heavy atom. The molecule has 190 valence electrons. The third kappa shape index (κ3) is 4.67. The molecule has 5 aromatic heterocycles. The molecule has 9 heteroatoms. The number of nitrogens with zero attached hydrogens (tertiary/aromatic N) is 8. The number of rotatable bonds is 6. The van der Waals surface area contributed by atoms with Gasteiger partial charge in [-0.25, -0.2) is 9.97 Å². The van der Waals surface area contributed by atoms with Crippen LogP contribution in [-0.2, 0) is 0 Å². The largest absolute Gasteiger partial charge is 0.415 e. The van der Waals surface area contributed by atoms with Crippen LogP contribution < -0.4 is 0 Å². The molecule has 0 fully saturated rings. The Bertz CT molecular complexity index is 1880. The van der Waals surface area contributed by atoms with E-state index in [0.29, 0.717) is 23.9 Å². The normalized spacial score (nSPS) is 12.7. The zero-order valence-corrected chi connectivity index (χ0v) is 21.1. The lowest BCUT2D eigenvalue weighted by Crippen LogP contribution is -2.07. The van der Waals surface area contributed by atoms with Crippen LogP contribution >= 0.6 is 0 Å². The van der Waals surface area contributed by atoms with E-state index in [1.165, 1.54) is 0 Å². The monoisotopic (exact) mass is 520 g/mol. The summed E-state index contributed by atoms with van der Waals surface area (Å²) >= 11 is 0. The highest BCUT2D eigenvalue weighted by Crippen LogP contribution is 2.26. The first-order chi connectivity index (χ1) is 19.8. The Morgan fingerprint density at radius 3 is 1.77 bits per heavy atom. The van der Waals surface area contributed by atoms with Gasteiger partial charge in [-0.15, -0.1) is 10.2 Å². The van der Waals surface area contributed by atoms with Crippen LogP contribution in [0.2, 0.25) is 0 Å². The van der Waals surface area contributed by atoms with E-state index in [0.717, 1.165) is 51.0 Å². The van der Waals surface area contributed by atoms with Gasteiger partial charge >= 0.3 is 0 Å². The summed E-state index contributed by atoms with van der Waals surface area (Å²) in [6.45, 7) is 0. The van der Waals surface area contributed by atoms with E-state index in [-0.39, 0.29) is 0 Å². The summed E-state index contributed by atoms with van der Waals surface area (Å²) in [5.74, 6) is 0.729. The van der Waals surface area contributed by atoms with Crippen molar-refractivity contribution in [3.8, 4) is 45.8 Å². The molecule has 7 rings (SSSR count). The second-order valence-corrected chi connectivity index (χ2v) is 9.01. The summed E-state index contributed by atoms with van der Waals surface area (Å²) in [5.41, 5.74) is 7.82. The molecule has 0 bridgehead atoms. The second kappa shape index (κ2) is 10.2. The van der Waals surface area contributed by atoms with Crippen LogP contribution in [0.1, 0.15) is 17.7 Å². The molecule has 0 atom stereocenters. The standard InChI is InChI=1S/C31H20N8O/c1-3-16-32-22(10-1)24-12-6-14-26(34-24)29-19-28(36-37-29)20-8-5-9-21(18-20)30-38-39-31(40-30)27-15-7-13-25(35-27)23-11-2-4-17-33-23/h1-18H,19H2. The first-order valence-electron chi connectivity index (χ1n) is 12.7. The molecule has 0 radical (unpaired) electrons. The molecule has 40 heavy (non-hydrogen) atoms. The maximum atomic E-state index is 6.02. The number of hydrogen-bond donors (Lipinski definition) is 0. The van der Waals surface area contributed by atoms with E-state index in [1.54, 1.807) is 12.4 Å². The van der Waals surface area contributed by atoms with E-state index >= 15 is 0 Å². The van der Waals surface area contributed by atoms with Crippen molar-refractivity contribution in [1.29, 1.82) is 0 Å². The van der Waals surface area contributed by atoms with Gasteiger partial charge in [-0.05, 0) is 66.2 Å².